The van der Waals surface area contributed by atoms with E-state index in [9.17, 15) is 19.3 Å². The first-order chi connectivity index (χ1) is 13.8. The lowest BCUT2D eigenvalue weighted by molar-refractivity contribution is -0.119. The van der Waals surface area contributed by atoms with Gasteiger partial charge in [-0.05, 0) is 32.8 Å². The van der Waals surface area contributed by atoms with Crippen LogP contribution in [0.1, 0.15) is 39.8 Å². The Bertz CT molecular complexity index is 774. The lowest BCUT2D eigenvalue weighted by atomic mass is 10.3. The van der Waals surface area contributed by atoms with Gasteiger partial charge in [-0.25, -0.2) is 9.48 Å². The summed E-state index contributed by atoms with van der Waals surface area (Å²) in [5.41, 5.74) is 0. The van der Waals surface area contributed by atoms with Crippen molar-refractivity contribution in [1.82, 2.24) is 25.6 Å². The fourth-order valence-corrected chi connectivity index (χ4v) is 4.35. The molecule has 0 saturated heterocycles. The highest BCUT2D eigenvalue weighted by molar-refractivity contribution is 7.53. The Balaban J connectivity index is 1.93. The molecule has 1 aromatic rings. The van der Waals surface area contributed by atoms with Crippen molar-refractivity contribution in [2.45, 2.75) is 46.0 Å². The number of nitrogens with one attached hydrogen (secondary N) is 2. The molecule has 3 amide bonds. The summed E-state index contributed by atoms with van der Waals surface area (Å²) in [5, 5.41) is 23.2. The van der Waals surface area contributed by atoms with E-state index in [-0.39, 0.29) is 37.5 Å². The van der Waals surface area contributed by atoms with Gasteiger partial charge in [0, 0.05) is 13.1 Å². The Kier molecular flexibility index (Phi) is 8.32. The van der Waals surface area contributed by atoms with Crippen LogP contribution in [0.3, 0.4) is 0 Å². The van der Waals surface area contributed by atoms with E-state index in [0.29, 0.717) is 6.42 Å². The zero-order chi connectivity index (χ0) is 21.4. The fourth-order valence-electron chi connectivity index (χ4n) is 2.66. The first-order valence-corrected chi connectivity index (χ1v) is 11.0. The van der Waals surface area contributed by atoms with Crippen LogP contribution in [0.25, 0.3) is 0 Å². The molecule has 2 atom stereocenters. The van der Waals surface area contributed by atoms with Crippen LogP contribution in [0.4, 0.5) is 10.6 Å². The second kappa shape index (κ2) is 10.5. The number of hydrogen-bond donors (Lipinski definition) is 3. The van der Waals surface area contributed by atoms with E-state index in [2.05, 4.69) is 20.9 Å². The molecule has 1 aliphatic heterocycles. The summed E-state index contributed by atoms with van der Waals surface area (Å²) in [6, 6.07) is -0.498. The summed E-state index contributed by atoms with van der Waals surface area (Å²) >= 11 is 0. The number of urea groups is 1. The summed E-state index contributed by atoms with van der Waals surface area (Å²) in [7, 11) is -3.16. The second-order valence-electron chi connectivity index (χ2n) is 6.19. The maximum atomic E-state index is 12.4. The number of aliphatic hydroxyl groups excluding tert-OH is 1. The van der Waals surface area contributed by atoms with Crippen molar-refractivity contribution in [2.75, 3.05) is 24.3 Å². The van der Waals surface area contributed by atoms with Gasteiger partial charge in [0.15, 0.2) is 5.82 Å². The normalized spacial score (nSPS) is 17.9. The molecule has 12 nitrogen and oxygen atoms in total. The molecular weight excluding hydrogens is 403 g/mol. The molecule has 0 radical (unpaired) electrons. The number of amides is 3. The Morgan fingerprint density at radius 3 is 2.69 bits per heavy atom. The molecule has 0 saturated carbocycles. The number of rotatable bonds is 11. The van der Waals surface area contributed by atoms with Gasteiger partial charge in [-0.2, -0.15) is 0 Å². The molecule has 2 rings (SSSR count). The first kappa shape index (κ1) is 23.0. The monoisotopic (exact) mass is 430 g/mol. The predicted molar refractivity (Wildman–Crippen MR) is 104 cm³/mol. The Morgan fingerprint density at radius 1 is 1.41 bits per heavy atom. The lowest BCUT2D eigenvalue weighted by Crippen LogP contribution is -2.53. The van der Waals surface area contributed by atoms with Gasteiger partial charge in [0.25, 0.3) is 0 Å². The van der Waals surface area contributed by atoms with Crippen molar-refractivity contribution in [3.05, 3.63) is 18.5 Å². The van der Waals surface area contributed by atoms with Gasteiger partial charge in [0.2, 0.25) is 5.91 Å². The summed E-state index contributed by atoms with van der Waals surface area (Å²) in [5.74, 6) is -0.0749. The third-order valence-corrected chi connectivity index (χ3v) is 6.05. The van der Waals surface area contributed by atoms with Crippen molar-refractivity contribution in [2.24, 2.45) is 0 Å². The van der Waals surface area contributed by atoms with Crippen LogP contribution in [0, 0.1) is 0 Å². The number of hydrogen-bond acceptors (Lipinski definition) is 8. The van der Waals surface area contributed by atoms with E-state index in [4.69, 9.17) is 9.05 Å². The number of carbonyl (C=O) groups excluding carboxylic acids is 2. The Hall–Kier alpha value is -2.27. The molecule has 1 aliphatic rings. The van der Waals surface area contributed by atoms with Crippen LogP contribution >= 0.6 is 7.60 Å². The topological polar surface area (TPSA) is 148 Å². The standard InChI is InChI=1S/C16H27N6O6P/c1-4-27-29(26,28-5-2)10-6-7-15(24)22-11-14(19-20-22)21-9-8-13(17-12(3)23)18-16(21)25/h8-9,11,13,15,24H,4-7,10H2,1-3H3,(H,17,23)(H,18,25). The zero-order valence-corrected chi connectivity index (χ0v) is 17.5. The summed E-state index contributed by atoms with van der Waals surface area (Å²) in [4.78, 5) is 24.5. The minimum absolute atomic E-state index is 0.176. The molecule has 0 fully saturated rings. The summed E-state index contributed by atoms with van der Waals surface area (Å²) in [6.07, 6.45) is 3.64. The van der Waals surface area contributed by atoms with Crippen molar-refractivity contribution in [1.29, 1.82) is 0 Å². The molecular formula is C16H27N6O6P. The van der Waals surface area contributed by atoms with Gasteiger partial charge in [0.05, 0.1) is 25.6 Å². The van der Waals surface area contributed by atoms with Crippen LogP contribution in [-0.4, -0.2) is 57.6 Å². The van der Waals surface area contributed by atoms with Crippen molar-refractivity contribution in [3.8, 4) is 0 Å². The second-order valence-corrected chi connectivity index (χ2v) is 8.37. The highest BCUT2D eigenvalue weighted by Gasteiger charge is 2.26. The molecule has 0 spiro atoms. The Morgan fingerprint density at radius 2 is 2.10 bits per heavy atom. The molecule has 2 heterocycles. The molecule has 162 valence electrons. The van der Waals surface area contributed by atoms with Crippen LogP contribution < -0.4 is 15.5 Å². The highest BCUT2D eigenvalue weighted by atomic mass is 31.2. The van der Waals surface area contributed by atoms with Gasteiger partial charge in [-0.15, -0.1) is 5.10 Å². The third-order valence-electron chi connectivity index (χ3n) is 3.88. The number of aliphatic hydroxyl groups is 1. The van der Waals surface area contributed by atoms with Gasteiger partial charge >= 0.3 is 13.6 Å². The lowest BCUT2D eigenvalue weighted by Gasteiger charge is -2.25. The fraction of sp³-hybridized carbons (Fsp3) is 0.625. The van der Waals surface area contributed by atoms with Gasteiger partial charge in [-0.3, -0.25) is 14.3 Å². The van der Waals surface area contributed by atoms with E-state index in [1.165, 1.54) is 28.9 Å². The number of aromatic nitrogens is 3. The predicted octanol–water partition coefficient (Wildman–Crippen LogP) is 1.32. The van der Waals surface area contributed by atoms with Crippen LogP contribution in [0.2, 0.25) is 0 Å². The van der Waals surface area contributed by atoms with Crippen molar-refractivity contribution >= 4 is 25.4 Å². The minimum Gasteiger partial charge on any atom is -0.372 e. The number of anilines is 1. The van der Waals surface area contributed by atoms with E-state index in [1.54, 1.807) is 19.9 Å². The quantitative estimate of drug-likeness (QED) is 0.445. The van der Waals surface area contributed by atoms with Crippen LogP contribution in [0.5, 0.6) is 0 Å². The van der Waals surface area contributed by atoms with Gasteiger partial charge in [0.1, 0.15) is 12.4 Å². The SMILES string of the molecule is CCOP(=O)(CCCC(O)n1cc(N2C=CC(NC(C)=O)NC2=O)nn1)OCC. The van der Waals surface area contributed by atoms with Crippen LogP contribution in [0.15, 0.2) is 18.5 Å². The van der Waals surface area contributed by atoms with E-state index in [0.717, 1.165) is 0 Å². The molecule has 0 bridgehead atoms. The molecule has 2 unspecified atom stereocenters. The number of nitrogens with zero attached hydrogens (tertiary/aromatic N) is 4. The molecule has 0 aromatic carbocycles. The minimum atomic E-state index is -3.16. The largest absolute Gasteiger partial charge is 0.372 e. The summed E-state index contributed by atoms with van der Waals surface area (Å²) < 4.78 is 24.1. The van der Waals surface area contributed by atoms with E-state index in [1.807, 2.05) is 0 Å². The molecule has 13 heteroatoms. The molecule has 1 aromatic heterocycles. The van der Waals surface area contributed by atoms with Crippen molar-refractivity contribution < 1.29 is 28.3 Å². The molecule has 3 N–H and O–H groups in total. The van der Waals surface area contributed by atoms with E-state index >= 15 is 0 Å². The average molecular weight is 430 g/mol. The number of carbonyl (C=O) groups is 2. The highest BCUT2D eigenvalue weighted by Crippen LogP contribution is 2.48. The summed E-state index contributed by atoms with van der Waals surface area (Å²) in [6.45, 7) is 5.38. The Labute approximate surface area is 168 Å². The first-order valence-electron chi connectivity index (χ1n) is 9.31. The maximum Gasteiger partial charge on any atom is 0.330 e. The van der Waals surface area contributed by atoms with Gasteiger partial charge < -0.3 is 24.8 Å². The van der Waals surface area contributed by atoms with Crippen LogP contribution in [-0.2, 0) is 18.4 Å². The van der Waals surface area contributed by atoms with Gasteiger partial charge in [-0.1, -0.05) is 5.21 Å². The molecule has 29 heavy (non-hydrogen) atoms. The zero-order valence-electron chi connectivity index (χ0n) is 16.6. The molecule has 0 aliphatic carbocycles. The van der Waals surface area contributed by atoms with Crippen molar-refractivity contribution in [3.63, 3.8) is 0 Å². The van der Waals surface area contributed by atoms with E-state index < -0.39 is 26.0 Å². The third kappa shape index (κ3) is 6.64. The smallest absolute Gasteiger partial charge is 0.330 e. The maximum absolute atomic E-state index is 12.4. The average Bonchev–Trinajstić information content (AvgIpc) is 3.11.